The molecule has 18 heavy (non-hydrogen) atoms. The van der Waals surface area contributed by atoms with E-state index in [9.17, 15) is 0 Å². The van der Waals surface area contributed by atoms with Crippen LogP contribution in [0.5, 0.6) is 0 Å². The van der Waals surface area contributed by atoms with Crippen LogP contribution in [0.15, 0.2) is 0 Å². The molecule has 0 aromatic rings. The van der Waals surface area contributed by atoms with Gasteiger partial charge in [-0.15, -0.1) is 0 Å². The Morgan fingerprint density at radius 2 is 1.61 bits per heavy atom. The van der Waals surface area contributed by atoms with Crippen molar-refractivity contribution >= 4 is 0 Å². The highest BCUT2D eigenvalue weighted by Crippen LogP contribution is 2.49. The molecule has 3 aliphatic carbocycles. The molecule has 1 N–H and O–H groups in total. The van der Waals surface area contributed by atoms with Crippen LogP contribution in [-0.4, -0.2) is 12.1 Å². The lowest BCUT2D eigenvalue weighted by molar-refractivity contribution is 0.188. The number of hydrogen-bond acceptors (Lipinski definition) is 1. The molecule has 3 rings (SSSR count). The van der Waals surface area contributed by atoms with Crippen molar-refractivity contribution in [3.05, 3.63) is 0 Å². The minimum atomic E-state index is 0.766. The van der Waals surface area contributed by atoms with Gasteiger partial charge in [-0.2, -0.15) is 0 Å². The van der Waals surface area contributed by atoms with Crippen LogP contribution in [-0.2, 0) is 0 Å². The topological polar surface area (TPSA) is 12.0 Å². The van der Waals surface area contributed by atoms with E-state index in [1.54, 1.807) is 6.42 Å². The number of rotatable bonds is 3. The van der Waals surface area contributed by atoms with Crippen molar-refractivity contribution in [2.75, 3.05) is 0 Å². The molecule has 1 heteroatoms. The fourth-order valence-corrected chi connectivity index (χ4v) is 5.48. The Labute approximate surface area is 113 Å². The van der Waals surface area contributed by atoms with Crippen molar-refractivity contribution in [1.29, 1.82) is 0 Å². The van der Waals surface area contributed by atoms with Gasteiger partial charge < -0.3 is 5.32 Å². The van der Waals surface area contributed by atoms with E-state index >= 15 is 0 Å². The fraction of sp³-hybridized carbons (Fsp3) is 1.00. The first kappa shape index (κ1) is 13.0. The average molecular weight is 249 g/mol. The molecule has 0 aromatic heterocycles. The smallest absolute Gasteiger partial charge is 0.00747 e. The van der Waals surface area contributed by atoms with E-state index in [4.69, 9.17) is 0 Å². The highest BCUT2D eigenvalue weighted by atomic mass is 15.0. The van der Waals surface area contributed by atoms with Gasteiger partial charge in [0.2, 0.25) is 0 Å². The first-order valence-corrected chi connectivity index (χ1v) is 8.38. The van der Waals surface area contributed by atoms with Gasteiger partial charge in [0.25, 0.3) is 0 Å². The lowest BCUT2D eigenvalue weighted by Crippen LogP contribution is -2.45. The summed E-state index contributed by atoms with van der Waals surface area (Å²) >= 11 is 0. The maximum absolute atomic E-state index is 4.01. The second-order valence-electron chi connectivity index (χ2n) is 7.91. The molecule has 0 saturated heterocycles. The summed E-state index contributed by atoms with van der Waals surface area (Å²) in [7, 11) is 0. The largest absolute Gasteiger partial charge is 0.311 e. The predicted octanol–water partition coefficient (Wildman–Crippen LogP) is 4.23. The summed E-state index contributed by atoms with van der Waals surface area (Å²) in [5, 5.41) is 4.01. The number of hydrogen-bond donors (Lipinski definition) is 1. The van der Waals surface area contributed by atoms with E-state index in [2.05, 4.69) is 26.1 Å². The summed E-state index contributed by atoms with van der Waals surface area (Å²) < 4.78 is 0. The van der Waals surface area contributed by atoms with Crippen molar-refractivity contribution in [2.45, 2.75) is 77.8 Å². The van der Waals surface area contributed by atoms with Gasteiger partial charge in [0.05, 0.1) is 0 Å². The van der Waals surface area contributed by atoms with Gasteiger partial charge in [0.15, 0.2) is 0 Å². The van der Waals surface area contributed by atoms with Gasteiger partial charge in [-0.05, 0) is 75.0 Å². The van der Waals surface area contributed by atoms with E-state index in [0.29, 0.717) is 0 Å². The van der Waals surface area contributed by atoms with Crippen LogP contribution in [0.3, 0.4) is 0 Å². The molecule has 0 aliphatic heterocycles. The molecule has 3 saturated carbocycles. The molecule has 3 fully saturated rings. The highest BCUT2D eigenvalue weighted by Gasteiger charge is 2.42. The Morgan fingerprint density at radius 1 is 0.889 bits per heavy atom. The first-order valence-electron chi connectivity index (χ1n) is 8.38. The van der Waals surface area contributed by atoms with Crippen LogP contribution in [0.25, 0.3) is 0 Å². The normalized spacial score (nSPS) is 49.5. The van der Waals surface area contributed by atoms with Crippen LogP contribution >= 0.6 is 0 Å². The van der Waals surface area contributed by atoms with Crippen LogP contribution < -0.4 is 5.32 Å². The second kappa shape index (κ2) is 5.15. The minimum absolute atomic E-state index is 0.766. The second-order valence-corrected chi connectivity index (χ2v) is 7.91. The maximum atomic E-state index is 4.01. The van der Waals surface area contributed by atoms with E-state index in [1.807, 2.05) is 0 Å². The molecular weight excluding hydrogens is 218 g/mol. The Morgan fingerprint density at radius 3 is 2.17 bits per heavy atom. The third-order valence-electron chi connectivity index (χ3n) is 6.11. The summed E-state index contributed by atoms with van der Waals surface area (Å²) in [6.07, 6.45) is 10.4. The Balaban J connectivity index is 1.53. The molecule has 6 atom stereocenters. The summed E-state index contributed by atoms with van der Waals surface area (Å²) in [5.74, 6) is 5.01. The highest BCUT2D eigenvalue weighted by molar-refractivity contribution is 4.95. The van der Waals surface area contributed by atoms with Gasteiger partial charge in [-0.1, -0.05) is 20.3 Å². The van der Waals surface area contributed by atoms with Gasteiger partial charge in [0, 0.05) is 12.1 Å². The van der Waals surface area contributed by atoms with Crippen molar-refractivity contribution in [2.24, 2.45) is 29.6 Å². The molecule has 0 radical (unpaired) electrons. The molecule has 6 unspecified atom stereocenters. The SMILES string of the molecule is CC1CC(C)CC(NC(C)C2CC3CCC2C3)C1. The van der Waals surface area contributed by atoms with Crippen molar-refractivity contribution in [3.63, 3.8) is 0 Å². The lowest BCUT2D eigenvalue weighted by Gasteiger charge is -2.37. The molecule has 2 bridgehead atoms. The molecule has 104 valence electrons. The molecule has 0 heterocycles. The van der Waals surface area contributed by atoms with Crippen LogP contribution in [0.1, 0.15) is 65.7 Å². The summed E-state index contributed by atoms with van der Waals surface area (Å²) in [6, 6.07) is 1.57. The standard InChI is InChI=1S/C17H31N/c1-11-6-12(2)8-16(7-11)18-13(3)17-10-14-4-5-15(17)9-14/h11-18H,4-10H2,1-3H3. The zero-order valence-corrected chi connectivity index (χ0v) is 12.5. The van der Waals surface area contributed by atoms with E-state index in [-0.39, 0.29) is 0 Å². The minimum Gasteiger partial charge on any atom is -0.311 e. The van der Waals surface area contributed by atoms with Gasteiger partial charge in [0.1, 0.15) is 0 Å². The number of fused-ring (bicyclic) bond motifs is 2. The van der Waals surface area contributed by atoms with Crippen molar-refractivity contribution in [1.82, 2.24) is 5.32 Å². The Kier molecular flexibility index (Phi) is 3.71. The van der Waals surface area contributed by atoms with E-state index < -0.39 is 0 Å². The van der Waals surface area contributed by atoms with E-state index in [1.165, 1.54) is 38.5 Å². The average Bonchev–Trinajstić information content (AvgIpc) is 2.88. The summed E-state index contributed by atoms with van der Waals surface area (Å²) in [6.45, 7) is 7.34. The van der Waals surface area contributed by atoms with Crippen LogP contribution in [0.4, 0.5) is 0 Å². The molecule has 0 amide bonds. The van der Waals surface area contributed by atoms with Crippen molar-refractivity contribution < 1.29 is 0 Å². The predicted molar refractivity (Wildman–Crippen MR) is 77.5 cm³/mol. The summed E-state index contributed by atoms with van der Waals surface area (Å²) in [5.41, 5.74) is 0. The molecule has 0 aromatic carbocycles. The van der Waals surface area contributed by atoms with Gasteiger partial charge >= 0.3 is 0 Å². The van der Waals surface area contributed by atoms with Crippen LogP contribution in [0.2, 0.25) is 0 Å². The maximum Gasteiger partial charge on any atom is 0.00747 e. The van der Waals surface area contributed by atoms with Gasteiger partial charge in [-0.3, -0.25) is 0 Å². The van der Waals surface area contributed by atoms with Gasteiger partial charge in [-0.25, -0.2) is 0 Å². The quantitative estimate of drug-likeness (QED) is 0.789. The molecule has 3 aliphatic rings. The zero-order chi connectivity index (χ0) is 12.7. The number of nitrogens with one attached hydrogen (secondary N) is 1. The zero-order valence-electron chi connectivity index (χ0n) is 12.5. The Bertz CT molecular complexity index is 277. The monoisotopic (exact) mass is 249 g/mol. The third kappa shape index (κ3) is 2.61. The lowest BCUT2D eigenvalue weighted by atomic mass is 9.79. The fourth-order valence-electron chi connectivity index (χ4n) is 5.48. The van der Waals surface area contributed by atoms with Crippen molar-refractivity contribution in [3.8, 4) is 0 Å². The van der Waals surface area contributed by atoms with Crippen LogP contribution in [0, 0.1) is 29.6 Å². The molecule has 1 nitrogen and oxygen atoms in total. The third-order valence-corrected chi connectivity index (χ3v) is 6.11. The first-order chi connectivity index (χ1) is 8.61. The summed E-state index contributed by atoms with van der Waals surface area (Å²) in [4.78, 5) is 0. The Hall–Kier alpha value is -0.0400. The van der Waals surface area contributed by atoms with E-state index in [0.717, 1.165) is 41.7 Å². The molecular formula is C17H31N. The molecule has 0 spiro atoms.